The van der Waals surface area contributed by atoms with Crippen molar-refractivity contribution in [2.75, 3.05) is 13.2 Å². The van der Waals surface area contributed by atoms with Crippen LogP contribution in [0.3, 0.4) is 0 Å². The average molecular weight is 305 g/mol. The van der Waals surface area contributed by atoms with Crippen molar-refractivity contribution < 1.29 is 20.4 Å². The first-order valence-corrected chi connectivity index (χ1v) is 6.46. The van der Waals surface area contributed by atoms with Gasteiger partial charge in [-0.3, -0.25) is 0 Å². The second-order valence-electron chi connectivity index (χ2n) is 4.42. The van der Waals surface area contributed by atoms with Gasteiger partial charge in [-0.15, -0.1) is 0 Å². The lowest BCUT2D eigenvalue weighted by Gasteiger charge is -2.18. The first kappa shape index (κ1) is 17.3. The van der Waals surface area contributed by atoms with Crippen LogP contribution in [0.2, 0.25) is 0 Å². The van der Waals surface area contributed by atoms with E-state index in [9.17, 15) is 24.6 Å². The lowest BCUT2D eigenvalue weighted by molar-refractivity contribution is 0.00763. The SMILES string of the molecule is CCCCn1c(=O)n(C(O)CO)c(=O)n(C(O)CO)c1=O. The van der Waals surface area contributed by atoms with E-state index in [1.165, 1.54) is 0 Å². The molecule has 0 amide bonds. The Kier molecular flexibility index (Phi) is 6.03. The van der Waals surface area contributed by atoms with Crippen LogP contribution in [-0.4, -0.2) is 47.3 Å². The first-order chi connectivity index (χ1) is 9.90. The summed E-state index contributed by atoms with van der Waals surface area (Å²) in [6.07, 6.45) is -2.58. The molecule has 0 fully saturated rings. The van der Waals surface area contributed by atoms with Crippen molar-refractivity contribution in [3.63, 3.8) is 0 Å². The molecule has 0 aliphatic carbocycles. The fourth-order valence-electron chi connectivity index (χ4n) is 1.80. The van der Waals surface area contributed by atoms with Gasteiger partial charge in [0.2, 0.25) is 0 Å². The van der Waals surface area contributed by atoms with Crippen molar-refractivity contribution in [1.29, 1.82) is 0 Å². The molecule has 1 rings (SSSR count). The van der Waals surface area contributed by atoms with Gasteiger partial charge < -0.3 is 20.4 Å². The molecule has 0 aliphatic rings. The summed E-state index contributed by atoms with van der Waals surface area (Å²) in [6, 6.07) is 0. The number of aliphatic hydroxyl groups excluding tert-OH is 4. The fourth-order valence-corrected chi connectivity index (χ4v) is 1.80. The molecular weight excluding hydrogens is 286 g/mol. The summed E-state index contributed by atoms with van der Waals surface area (Å²) in [7, 11) is 0. The molecule has 0 saturated heterocycles. The number of hydrogen-bond acceptors (Lipinski definition) is 7. The van der Waals surface area contributed by atoms with Gasteiger partial charge in [-0.25, -0.2) is 28.1 Å². The predicted octanol–water partition coefficient (Wildman–Crippen LogP) is -3.06. The molecule has 21 heavy (non-hydrogen) atoms. The molecule has 1 aromatic heterocycles. The van der Waals surface area contributed by atoms with Gasteiger partial charge in [0.15, 0.2) is 12.5 Å². The van der Waals surface area contributed by atoms with E-state index in [0.29, 0.717) is 17.4 Å². The van der Waals surface area contributed by atoms with Gasteiger partial charge in [-0.05, 0) is 6.42 Å². The van der Waals surface area contributed by atoms with Crippen LogP contribution < -0.4 is 17.1 Å². The Labute approximate surface area is 118 Å². The second kappa shape index (κ2) is 7.31. The standard InChI is InChI=1S/C11H19N3O7/c1-2-3-4-12-9(19)13(7(17)5-15)11(21)14(10(12)20)8(18)6-16/h7-8,15-18H,2-6H2,1H3. The fraction of sp³-hybridized carbons (Fsp3) is 0.727. The zero-order chi connectivity index (χ0) is 16.2. The molecule has 10 heteroatoms. The number of unbranched alkanes of at least 4 members (excludes halogenated alkanes) is 1. The highest BCUT2D eigenvalue weighted by atomic mass is 16.3. The van der Waals surface area contributed by atoms with E-state index in [-0.39, 0.29) is 15.7 Å². The lowest BCUT2D eigenvalue weighted by atomic mass is 10.3. The summed E-state index contributed by atoms with van der Waals surface area (Å²) >= 11 is 0. The van der Waals surface area contributed by atoms with E-state index in [0.717, 1.165) is 0 Å². The Morgan fingerprint density at radius 3 is 1.67 bits per heavy atom. The maximum atomic E-state index is 12.1. The van der Waals surface area contributed by atoms with Crippen molar-refractivity contribution in [3.8, 4) is 0 Å². The van der Waals surface area contributed by atoms with Crippen molar-refractivity contribution in [3.05, 3.63) is 31.5 Å². The van der Waals surface area contributed by atoms with Gasteiger partial charge in [-0.2, -0.15) is 0 Å². The Balaban J connectivity index is 3.71. The molecule has 10 nitrogen and oxygen atoms in total. The number of rotatable bonds is 7. The monoisotopic (exact) mass is 305 g/mol. The van der Waals surface area contributed by atoms with Crippen LogP contribution in [0.25, 0.3) is 0 Å². The topological polar surface area (TPSA) is 147 Å². The smallest absolute Gasteiger partial charge is 0.340 e. The highest BCUT2D eigenvalue weighted by Crippen LogP contribution is 1.96. The molecule has 0 saturated carbocycles. The lowest BCUT2D eigenvalue weighted by Crippen LogP contribution is -2.57. The van der Waals surface area contributed by atoms with Gasteiger partial charge in [0.25, 0.3) is 0 Å². The highest BCUT2D eigenvalue weighted by molar-refractivity contribution is 4.82. The summed E-state index contributed by atoms with van der Waals surface area (Å²) in [6.45, 7) is -0.0395. The Hall–Kier alpha value is -1.75. The van der Waals surface area contributed by atoms with E-state index < -0.39 is 42.7 Å². The molecule has 0 aliphatic heterocycles. The highest BCUT2D eigenvalue weighted by Gasteiger charge is 2.22. The van der Waals surface area contributed by atoms with E-state index in [1.54, 1.807) is 0 Å². The van der Waals surface area contributed by atoms with Crippen LogP contribution >= 0.6 is 0 Å². The molecule has 2 unspecified atom stereocenters. The van der Waals surface area contributed by atoms with Gasteiger partial charge in [-0.1, -0.05) is 13.3 Å². The van der Waals surface area contributed by atoms with Crippen molar-refractivity contribution in [2.45, 2.75) is 38.8 Å². The molecule has 1 heterocycles. The summed E-state index contributed by atoms with van der Waals surface area (Å²) in [4.78, 5) is 36.2. The predicted molar refractivity (Wildman–Crippen MR) is 70.8 cm³/mol. The minimum absolute atomic E-state index is 0.0231. The molecular formula is C11H19N3O7. The van der Waals surface area contributed by atoms with Crippen molar-refractivity contribution in [1.82, 2.24) is 13.7 Å². The molecule has 0 aromatic carbocycles. The van der Waals surface area contributed by atoms with Crippen LogP contribution in [0.5, 0.6) is 0 Å². The van der Waals surface area contributed by atoms with E-state index in [2.05, 4.69) is 0 Å². The van der Waals surface area contributed by atoms with Gasteiger partial charge in [0.05, 0.1) is 13.2 Å². The third-order valence-corrected chi connectivity index (χ3v) is 2.94. The average Bonchev–Trinajstić information content (AvgIpc) is 2.46. The van der Waals surface area contributed by atoms with Crippen LogP contribution in [0, 0.1) is 0 Å². The normalized spacial score (nSPS) is 14.1. The van der Waals surface area contributed by atoms with Crippen LogP contribution in [-0.2, 0) is 6.54 Å². The second-order valence-corrected chi connectivity index (χ2v) is 4.42. The van der Waals surface area contributed by atoms with E-state index in [4.69, 9.17) is 10.2 Å². The zero-order valence-electron chi connectivity index (χ0n) is 11.5. The van der Waals surface area contributed by atoms with Crippen LogP contribution in [0.4, 0.5) is 0 Å². The molecule has 0 spiro atoms. The Bertz CT molecular complexity index is 596. The van der Waals surface area contributed by atoms with E-state index in [1.807, 2.05) is 6.92 Å². The van der Waals surface area contributed by atoms with E-state index >= 15 is 0 Å². The molecule has 120 valence electrons. The molecule has 1 aromatic rings. The van der Waals surface area contributed by atoms with Gasteiger partial charge >= 0.3 is 17.1 Å². The van der Waals surface area contributed by atoms with Crippen LogP contribution in [0.15, 0.2) is 14.4 Å². The number of hydrogen-bond donors (Lipinski definition) is 4. The Morgan fingerprint density at radius 1 is 0.905 bits per heavy atom. The Morgan fingerprint density at radius 2 is 1.33 bits per heavy atom. The first-order valence-electron chi connectivity index (χ1n) is 6.46. The maximum absolute atomic E-state index is 12.1. The summed E-state index contributed by atoms with van der Waals surface area (Å²) in [5, 5.41) is 36.9. The van der Waals surface area contributed by atoms with Crippen molar-refractivity contribution >= 4 is 0 Å². The molecule has 0 bridgehead atoms. The largest absolute Gasteiger partial charge is 0.392 e. The number of nitrogens with zero attached hydrogens (tertiary/aromatic N) is 3. The van der Waals surface area contributed by atoms with Gasteiger partial charge in [0.1, 0.15) is 0 Å². The summed E-state index contributed by atoms with van der Waals surface area (Å²) in [5.74, 6) is 0. The number of aliphatic hydroxyl groups is 4. The third kappa shape index (κ3) is 3.29. The summed E-state index contributed by atoms with van der Waals surface area (Å²) < 4.78 is 1.19. The molecule has 4 N–H and O–H groups in total. The summed E-state index contributed by atoms with van der Waals surface area (Å²) in [5.41, 5.74) is -3.47. The van der Waals surface area contributed by atoms with Crippen LogP contribution in [0.1, 0.15) is 32.2 Å². The number of aromatic nitrogens is 3. The molecule has 2 atom stereocenters. The maximum Gasteiger partial charge on any atom is 0.340 e. The van der Waals surface area contributed by atoms with Gasteiger partial charge in [0, 0.05) is 6.54 Å². The van der Waals surface area contributed by atoms with Crippen molar-refractivity contribution in [2.24, 2.45) is 0 Å². The quantitative estimate of drug-likeness (QED) is 0.418. The minimum atomic E-state index is -1.85. The third-order valence-electron chi connectivity index (χ3n) is 2.94. The zero-order valence-corrected chi connectivity index (χ0v) is 11.5. The molecule has 0 radical (unpaired) electrons. The minimum Gasteiger partial charge on any atom is -0.392 e.